The summed E-state index contributed by atoms with van der Waals surface area (Å²) >= 11 is 0. The zero-order chi connectivity index (χ0) is 42.7. The Kier molecular flexibility index (Phi) is 13.7. The Balaban J connectivity index is 0.978. The normalized spacial score (nSPS) is 12.1. The van der Waals surface area contributed by atoms with Crippen LogP contribution in [0.15, 0.2) is 137 Å². The molecule has 0 aliphatic rings. The first kappa shape index (κ1) is 42.7. The van der Waals surface area contributed by atoms with Crippen LogP contribution in [0.4, 0.5) is 10.6 Å². The Morgan fingerprint density at radius 2 is 1.45 bits per heavy atom. The van der Waals surface area contributed by atoms with Crippen LogP contribution in [-0.2, 0) is 42.7 Å². The van der Waals surface area contributed by atoms with E-state index in [0.29, 0.717) is 40.2 Å². The number of carbonyl (C=O) groups is 3. The first-order chi connectivity index (χ1) is 28.8. The highest BCUT2D eigenvalue weighted by Crippen LogP contribution is 2.23. The molecule has 18 nitrogen and oxygen atoms in total. The molecule has 1 atom stereocenters. The van der Waals surface area contributed by atoms with Crippen molar-refractivity contribution in [3.05, 3.63) is 144 Å². The van der Waals surface area contributed by atoms with E-state index in [1.165, 1.54) is 60.8 Å². The van der Waals surface area contributed by atoms with Crippen molar-refractivity contribution in [1.82, 2.24) is 29.9 Å². The fourth-order valence-electron chi connectivity index (χ4n) is 5.85. The predicted octanol–water partition coefficient (Wildman–Crippen LogP) is 2.82. The molecule has 0 spiro atoms. The van der Waals surface area contributed by atoms with Crippen molar-refractivity contribution in [1.29, 1.82) is 0 Å². The molecule has 2 aromatic heterocycles. The number of anilines is 1. The number of fused-ring (bicyclic) bond motifs is 1. The summed E-state index contributed by atoms with van der Waals surface area (Å²) in [5.41, 5.74) is 2.85. The molecule has 6 aromatic rings. The van der Waals surface area contributed by atoms with E-state index < -0.39 is 50.6 Å². The number of aromatic nitrogens is 3. The number of nitrogens with zero attached hydrogens (tertiary/aromatic N) is 3. The molecular weight excluding hydrogens is 817 g/mol. The molecule has 0 saturated heterocycles. The van der Waals surface area contributed by atoms with E-state index in [-0.39, 0.29) is 35.1 Å². The maximum absolute atomic E-state index is 13.2. The number of alkyl carbamates (subject to hydrolysis) is 1. The lowest BCUT2D eigenvalue weighted by molar-refractivity contribution is -0.590. The lowest BCUT2D eigenvalue weighted by Crippen LogP contribution is -2.48. The number of carboxylic acids is 1. The lowest BCUT2D eigenvalue weighted by Gasteiger charge is -2.16. The second-order valence-corrected chi connectivity index (χ2v) is 16.6. The van der Waals surface area contributed by atoms with Crippen LogP contribution in [0.25, 0.3) is 22.0 Å². The van der Waals surface area contributed by atoms with Crippen LogP contribution in [0.2, 0.25) is 0 Å². The van der Waals surface area contributed by atoms with Gasteiger partial charge in [0.2, 0.25) is 20.0 Å². The fourth-order valence-corrected chi connectivity index (χ4v) is 8.07. The van der Waals surface area contributed by atoms with Crippen LogP contribution in [0.5, 0.6) is 0 Å². The molecule has 0 unspecified atom stereocenters. The number of sulfonamides is 2. The Bertz CT molecular complexity index is 2680. The first-order valence-electron chi connectivity index (χ1n) is 18.3. The number of carbonyl (C=O) groups excluding carboxylic acids is 2. The number of hydrogen-bond donors (Lipinski definition) is 6. The molecule has 0 radical (unpaired) electrons. The number of carboxylic acid groups (broad SMARTS) is 1. The standard InChI is InChI=1S/C40H40N8O10S2/c49-38(31-13-18-36-32(24-31)25-44-47(36)23-21-41-37-8-4-5-22-48(37)53)43-26-35(39(50)51)46-60(56,57)34-16-11-30(12-17-34)29-9-14-33(15-10-29)59(54,55)45-20-19-42-40(52)58-27-28-6-2-1-3-7-28/h1-18,22,24-25,35,41,45-46H,19-21,23,26-27H2,(H,42,52)(H,43,49)(H,50,51)/t35-/m0/s1. The van der Waals surface area contributed by atoms with Gasteiger partial charge >= 0.3 is 12.1 Å². The number of amides is 2. The fraction of sp³-hybridized carbons (Fsp3) is 0.175. The summed E-state index contributed by atoms with van der Waals surface area (Å²) in [6.45, 7) is 0.240. The molecule has 4 aromatic carbocycles. The summed E-state index contributed by atoms with van der Waals surface area (Å²) in [6, 6.07) is 28.5. The van der Waals surface area contributed by atoms with Gasteiger partial charge in [0.05, 0.1) is 34.2 Å². The van der Waals surface area contributed by atoms with Gasteiger partial charge in [-0.1, -0.05) is 60.7 Å². The highest BCUT2D eigenvalue weighted by molar-refractivity contribution is 7.89. The molecule has 6 rings (SSSR count). The van der Waals surface area contributed by atoms with Crippen LogP contribution in [-0.4, -0.2) is 81.9 Å². The minimum atomic E-state index is -4.37. The van der Waals surface area contributed by atoms with Crippen molar-refractivity contribution in [2.45, 2.75) is 29.0 Å². The minimum absolute atomic E-state index is 0.0101. The maximum atomic E-state index is 13.2. The average Bonchev–Trinajstić information content (AvgIpc) is 3.66. The van der Waals surface area contributed by atoms with Crippen molar-refractivity contribution in [2.75, 3.05) is 31.5 Å². The third-order valence-corrected chi connectivity index (χ3v) is 11.9. The van der Waals surface area contributed by atoms with E-state index >= 15 is 0 Å². The largest absolute Gasteiger partial charge is 0.711 e. The van der Waals surface area contributed by atoms with Crippen LogP contribution < -0.4 is 30.1 Å². The lowest BCUT2D eigenvalue weighted by atomic mass is 10.1. The smallest absolute Gasteiger partial charge is 0.407 e. The van der Waals surface area contributed by atoms with E-state index in [1.54, 1.807) is 53.3 Å². The van der Waals surface area contributed by atoms with Gasteiger partial charge in [0.15, 0.2) is 0 Å². The molecular formula is C40H40N8O10S2. The van der Waals surface area contributed by atoms with Crippen LogP contribution in [0.3, 0.4) is 0 Å². The van der Waals surface area contributed by atoms with Gasteiger partial charge in [0.25, 0.3) is 11.7 Å². The van der Waals surface area contributed by atoms with Gasteiger partial charge in [-0.3, -0.25) is 19.6 Å². The van der Waals surface area contributed by atoms with E-state index in [4.69, 9.17) is 4.74 Å². The number of ether oxygens (including phenoxy) is 1. The molecule has 0 saturated carbocycles. The topological polar surface area (TPSA) is 254 Å². The van der Waals surface area contributed by atoms with Gasteiger partial charge in [-0.05, 0) is 65.2 Å². The molecule has 2 heterocycles. The molecule has 312 valence electrons. The average molecular weight is 857 g/mol. The summed E-state index contributed by atoms with van der Waals surface area (Å²) in [4.78, 5) is 36.7. The van der Waals surface area contributed by atoms with Crippen molar-refractivity contribution in [2.24, 2.45) is 0 Å². The maximum Gasteiger partial charge on any atom is 0.407 e. The first-order valence-corrected chi connectivity index (χ1v) is 21.3. The quantitative estimate of drug-likeness (QED) is 0.0391. The monoisotopic (exact) mass is 856 g/mol. The van der Waals surface area contributed by atoms with Crippen LogP contribution in [0.1, 0.15) is 15.9 Å². The Morgan fingerprint density at radius 3 is 2.12 bits per heavy atom. The van der Waals surface area contributed by atoms with Crippen LogP contribution in [0, 0.1) is 5.21 Å². The summed E-state index contributed by atoms with van der Waals surface area (Å²) in [7, 11) is -8.29. The van der Waals surface area contributed by atoms with Crippen LogP contribution >= 0.6 is 0 Å². The van der Waals surface area contributed by atoms with Crippen molar-refractivity contribution < 1.29 is 45.8 Å². The van der Waals surface area contributed by atoms with Crippen molar-refractivity contribution in [3.8, 4) is 11.1 Å². The molecule has 0 aliphatic carbocycles. The van der Waals surface area contributed by atoms with E-state index in [1.807, 2.05) is 18.2 Å². The third kappa shape index (κ3) is 11.2. The minimum Gasteiger partial charge on any atom is -0.711 e. The summed E-state index contributed by atoms with van der Waals surface area (Å²) < 4.78 is 64.0. The number of benzene rings is 4. The number of pyridine rings is 1. The summed E-state index contributed by atoms with van der Waals surface area (Å²) in [6.07, 6.45) is 2.26. The molecule has 6 N–H and O–H groups in total. The zero-order valence-electron chi connectivity index (χ0n) is 31.7. The Morgan fingerprint density at radius 1 is 0.783 bits per heavy atom. The second kappa shape index (κ2) is 19.3. The number of rotatable bonds is 19. The predicted molar refractivity (Wildman–Crippen MR) is 219 cm³/mol. The van der Waals surface area contributed by atoms with Gasteiger partial charge < -0.3 is 25.7 Å². The van der Waals surface area contributed by atoms with E-state index in [0.717, 1.165) is 11.1 Å². The van der Waals surface area contributed by atoms with Gasteiger partial charge in [0, 0.05) is 36.7 Å². The van der Waals surface area contributed by atoms with Crippen molar-refractivity contribution in [3.63, 3.8) is 0 Å². The van der Waals surface area contributed by atoms with E-state index in [2.05, 4.69) is 30.5 Å². The van der Waals surface area contributed by atoms with E-state index in [9.17, 15) is 41.5 Å². The number of aliphatic carboxylic acids is 1. The van der Waals surface area contributed by atoms with Gasteiger partial charge in [-0.25, -0.2) is 31.1 Å². The zero-order valence-corrected chi connectivity index (χ0v) is 33.4. The Hall–Kier alpha value is -6.87. The molecule has 20 heteroatoms. The second-order valence-electron chi connectivity index (χ2n) is 13.1. The van der Waals surface area contributed by atoms with Gasteiger partial charge in [-0.15, -0.1) is 0 Å². The summed E-state index contributed by atoms with van der Waals surface area (Å²) in [5.74, 6) is -1.75. The Labute approximate surface area is 344 Å². The SMILES string of the molecule is O=C(NCCNS(=O)(=O)c1ccc(-c2ccc(S(=O)(=O)N[C@@H](CNC(=O)c3ccc4c(cnn4CCNc4cccc[n+]4[O-])c3)C(=O)O)cc2)cc1)OCc1ccccc1. The molecule has 2 amide bonds. The number of nitrogens with one attached hydrogen (secondary N) is 5. The number of hydrogen-bond acceptors (Lipinski definition) is 11. The highest BCUT2D eigenvalue weighted by Gasteiger charge is 2.26. The van der Waals surface area contributed by atoms with Crippen molar-refractivity contribution >= 4 is 54.7 Å². The van der Waals surface area contributed by atoms with Gasteiger partial charge in [-0.2, -0.15) is 9.82 Å². The summed E-state index contributed by atoms with van der Waals surface area (Å²) in [5, 5.41) is 34.6. The third-order valence-electron chi connectivity index (χ3n) is 8.98. The molecule has 0 aliphatic heterocycles. The molecule has 0 fully saturated rings. The molecule has 60 heavy (non-hydrogen) atoms. The highest BCUT2D eigenvalue weighted by atomic mass is 32.2. The molecule has 0 bridgehead atoms. The van der Waals surface area contributed by atoms with Gasteiger partial charge in [0.1, 0.15) is 19.2 Å².